The molecule has 1 aromatic heterocycles. The van der Waals surface area contributed by atoms with Crippen LogP contribution in [0.2, 0.25) is 0 Å². The number of benzene rings is 4. The Morgan fingerprint density at radius 3 is 1.97 bits per heavy atom. The summed E-state index contributed by atoms with van der Waals surface area (Å²) in [7, 11) is 0. The van der Waals surface area contributed by atoms with Crippen LogP contribution in [0.4, 0.5) is 0 Å². The molecular weight excluding hydrogens is 404 g/mol. The molecule has 0 N–H and O–H groups in total. The van der Waals surface area contributed by atoms with Gasteiger partial charge in [0.15, 0.2) is 5.78 Å². The molecule has 0 aliphatic rings. The van der Waals surface area contributed by atoms with Gasteiger partial charge in [-0.15, -0.1) is 0 Å². The summed E-state index contributed by atoms with van der Waals surface area (Å²) in [6.45, 7) is 3.71. The summed E-state index contributed by atoms with van der Waals surface area (Å²) in [5.41, 5.74) is 8.30. The normalized spacial score (nSPS) is 10.8. The number of carbonyl (C=O) groups excluding carboxylic acids is 1. The molecule has 0 saturated heterocycles. The van der Waals surface area contributed by atoms with E-state index in [9.17, 15) is 4.79 Å². The fraction of sp³-hybridized carbons (Fsp3) is 0.0667. The van der Waals surface area contributed by atoms with E-state index in [0.29, 0.717) is 11.3 Å². The summed E-state index contributed by atoms with van der Waals surface area (Å²) in [4.78, 5) is 13.1. The maximum Gasteiger partial charge on any atom is 0.164 e. The second-order valence-electron chi connectivity index (χ2n) is 8.16. The Morgan fingerprint density at radius 1 is 0.697 bits per heavy atom. The summed E-state index contributed by atoms with van der Waals surface area (Å²) < 4.78 is 1.90. The highest BCUT2D eigenvalue weighted by Gasteiger charge is 2.25. The van der Waals surface area contributed by atoms with Crippen molar-refractivity contribution in [1.29, 1.82) is 0 Å². The Morgan fingerprint density at radius 2 is 1.30 bits per heavy atom. The summed E-state index contributed by atoms with van der Waals surface area (Å²) in [5.74, 6) is -0.00919. The third kappa shape index (κ3) is 3.90. The fourth-order valence-corrected chi connectivity index (χ4v) is 4.31. The van der Waals surface area contributed by atoms with E-state index in [-0.39, 0.29) is 5.78 Å². The Hall–Kier alpha value is -4.24. The molecule has 160 valence electrons. The molecule has 3 nitrogen and oxygen atoms in total. The van der Waals surface area contributed by atoms with Crippen molar-refractivity contribution in [2.45, 2.75) is 13.8 Å². The summed E-state index contributed by atoms with van der Waals surface area (Å²) >= 11 is 0. The maximum absolute atomic E-state index is 13.1. The van der Waals surface area contributed by atoms with E-state index in [4.69, 9.17) is 5.10 Å². The van der Waals surface area contributed by atoms with E-state index < -0.39 is 0 Å². The average Bonchev–Trinajstić information content (AvgIpc) is 3.26. The van der Waals surface area contributed by atoms with Gasteiger partial charge in [0.2, 0.25) is 0 Å². The van der Waals surface area contributed by atoms with E-state index in [1.165, 1.54) is 5.56 Å². The zero-order chi connectivity index (χ0) is 22.8. The number of aryl methyl sites for hydroxylation is 1. The molecule has 5 aromatic rings. The molecule has 3 heteroatoms. The second-order valence-corrected chi connectivity index (χ2v) is 8.16. The zero-order valence-electron chi connectivity index (χ0n) is 18.7. The molecule has 0 fully saturated rings. The van der Waals surface area contributed by atoms with Crippen molar-refractivity contribution < 1.29 is 4.79 Å². The van der Waals surface area contributed by atoms with Crippen LogP contribution in [0.25, 0.3) is 39.3 Å². The van der Waals surface area contributed by atoms with Crippen molar-refractivity contribution in [2.75, 3.05) is 0 Å². The molecule has 0 aliphatic carbocycles. The first-order valence-corrected chi connectivity index (χ1v) is 11.0. The SMILES string of the molecule is CC(=O)c1c(-c2ccccc2-c2cccc(C)c2)nn(-c2ccccc2)c1-c1ccccc1. The van der Waals surface area contributed by atoms with Crippen molar-refractivity contribution in [3.05, 3.63) is 120 Å². The molecule has 0 aliphatic heterocycles. The highest BCUT2D eigenvalue weighted by Crippen LogP contribution is 2.39. The molecule has 5 rings (SSSR count). The Balaban J connectivity index is 1.84. The lowest BCUT2D eigenvalue weighted by atomic mass is 9.93. The first-order valence-electron chi connectivity index (χ1n) is 11.0. The Bertz CT molecular complexity index is 1430. The van der Waals surface area contributed by atoms with Gasteiger partial charge in [0.05, 0.1) is 16.9 Å². The van der Waals surface area contributed by atoms with Gasteiger partial charge in [-0.1, -0.05) is 103 Å². The van der Waals surface area contributed by atoms with Crippen LogP contribution in [-0.2, 0) is 0 Å². The number of nitrogens with zero attached hydrogens (tertiary/aromatic N) is 2. The molecule has 4 aromatic carbocycles. The molecule has 33 heavy (non-hydrogen) atoms. The standard InChI is InChI=1S/C30H24N2O/c1-21-12-11-15-24(20-21)26-18-9-10-19-27(26)29-28(22(2)33)30(23-13-5-3-6-14-23)32(31-29)25-16-7-4-8-17-25/h3-20H,1-2H3. The number of ketones is 1. The van der Waals surface area contributed by atoms with Crippen molar-refractivity contribution in [1.82, 2.24) is 9.78 Å². The fourth-order valence-electron chi connectivity index (χ4n) is 4.31. The van der Waals surface area contributed by atoms with Crippen LogP contribution in [0.1, 0.15) is 22.8 Å². The van der Waals surface area contributed by atoms with Crippen molar-refractivity contribution >= 4 is 5.78 Å². The van der Waals surface area contributed by atoms with E-state index >= 15 is 0 Å². The highest BCUT2D eigenvalue weighted by atomic mass is 16.1. The van der Waals surface area contributed by atoms with E-state index in [1.54, 1.807) is 6.92 Å². The Kier molecular flexibility index (Phi) is 5.45. The minimum absolute atomic E-state index is 0.00919. The lowest BCUT2D eigenvalue weighted by Gasteiger charge is -2.10. The van der Waals surface area contributed by atoms with Crippen LogP contribution in [0.3, 0.4) is 0 Å². The predicted octanol–water partition coefficient (Wildman–Crippen LogP) is 7.38. The molecule has 0 spiro atoms. The van der Waals surface area contributed by atoms with Gasteiger partial charge in [0.1, 0.15) is 5.69 Å². The monoisotopic (exact) mass is 428 g/mol. The molecule has 0 radical (unpaired) electrons. The van der Waals surface area contributed by atoms with Gasteiger partial charge in [-0.3, -0.25) is 4.79 Å². The van der Waals surface area contributed by atoms with Gasteiger partial charge in [-0.25, -0.2) is 4.68 Å². The van der Waals surface area contributed by atoms with Crippen LogP contribution in [-0.4, -0.2) is 15.6 Å². The summed E-state index contributed by atoms with van der Waals surface area (Å²) in [5, 5.41) is 5.05. The molecular formula is C30H24N2O. The first-order chi connectivity index (χ1) is 16.1. The van der Waals surface area contributed by atoms with Gasteiger partial charge >= 0.3 is 0 Å². The van der Waals surface area contributed by atoms with Crippen LogP contribution in [0, 0.1) is 6.92 Å². The van der Waals surface area contributed by atoms with E-state index in [2.05, 4.69) is 43.3 Å². The number of rotatable bonds is 5. The largest absolute Gasteiger partial charge is 0.294 e. The van der Waals surface area contributed by atoms with Gasteiger partial charge in [0, 0.05) is 11.1 Å². The van der Waals surface area contributed by atoms with Gasteiger partial charge < -0.3 is 0 Å². The second kappa shape index (κ2) is 8.71. The molecule has 0 unspecified atom stereocenters. The quantitative estimate of drug-likeness (QED) is 0.274. The third-order valence-corrected chi connectivity index (χ3v) is 5.80. The highest BCUT2D eigenvalue weighted by molar-refractivity contribution is 6.07. The lowest BCUT2D eigenvalue weighted by molar-refractivity contribution is 0.101. The van der Waals surface area contributed by atoms with Crippen molar-refractivity contribution in [2.24, 2.45) is 0 Å². The lowest BCUT2D eigenvalue weighted by Crippen LogP contribution is -2.01. The Labute approximate surface area is 194 Å². The zero-order valence-corrected chi connectivity index (χ0v) is 18.7. The van der Waals surface area contributed by atoms with Gasteiger partial charge in [-0.2, -0.15) is 5.10 Å². The number of aromatic nitrogens is 2. The average molecular weight is 429 g/mol. The molecule has 0 atom stereocenters. The minimum Gasteiger partial charge on any atom is -0.294 e. The maximum atomic E-state index is 13.1. The van der Waals surface area contributed by atoms with E-state index in [1.807, 2.05) is 77.5 Å². The topological polar surface area (TPSA) is 34.9 Å². The number of hydrogen-bond acceptors (Lipinski definition) is 2. The predicted molar refractivity (Wildman–Crippen MR) is 135 cm³/mol. The van der Waals surface area contributed by atoms with Crippen LogP contribution < -0.4 is 0 Å². The first kappa shape index (κ1) is 20.7. The number of para-hydroxylation sites is 1. The van der Waals surface area contributed by atoms with Crippen LogP contribution in [0.5, 0.6) is 0 Å². The van der Waals surface area contributed by atoms with E-state index in [0.717, 1.165) is 33.6 Å². The van der Waals surface area contributed by atoms with Crippen molar-refractivity contribution in [3.63, 3.8) is 0 Å². The molecule has 0 bridgehead atoms. The summed E-state index contributed by atoms with van der Waals surface area (Å²) in [6.07, 6.45) is 0. The van der Waals surface area contributed by atoms with Crippen LogP contribution >= 0.6 is 0 Å². The molecule has 1 heterocycles. The number of Topliss-reactive ketones (excluding diaryl/α,β-unsaturated/α-hetero) is 1. The number of carbonyl (C=O) groups is 1. The van der Waals surface area contributed by atoms with Gasteiger partial charge in [-0.05, 0) is 37.1 Å². The summed E-state index contributed by atoms with van der Waals surface area (Å²) in [6, 6.07) is 36.6. The number of hydrogen-bond donors (Lipinski definition) is 0. The van der Waals surface area contributed by atoms with Crippen molar-refractivity contribution in [3.8, 4) is 39.3 Å². The molecule has 0 amide bonds. The van der Waals surface area contributed by atoms with Crippen LogP contribution in [0.15, 0.2) is 109 Å². The van der Waals surface area contributed by atoms with Gasteiger partial charge in [0.25, 0.3) is 0 Å². The smallest absolute Gasteiger partial charge is 0.164 e. The molecule has 0 saturated carbocycles. The minimum atomic E-state index is -0.00919. The third-order valence-electron chi connectivity index (χ3n) is 5.80.